The van der Waals surface area contributed by atoms with Gasteiger partial charge in [0.1, 0.15) is 0 Å². The molecule has 1 rings (SSSR count). The van der Waals surface area contributed by atoms with Crippen LogP contribution in [0.1, 0.15) is 33.1 Å². The fraction of sp³-hybridized carbons (Fsp3) is 1.00. The zero-order chi connectivity index (χ0) is 10.8. The highest BCUT2D eigenvalue weighted by atomic mass is 19.3. The minimum atomic E-state index is -2.29. The van der Waals surface area contributed by atoms with E-state index in [1.807, 2.05) is 0 Å². The average molecular weight is 206 g/mol. The van der Waals surface area contributed by atoms with Crippen LogP contribution >= 0.6 is 0 Å². The van der Waals surface area contributed by atoms with Gasteiger partial charge in [-0.2, -0.15) is 0 Å². The highest BCUT2D eigenvalue weighted by molar-refractivity contribution is 5.00. The van der Waals surface area contributed by atoms with Crippen molar-refractivity contribution in [3.05, 3.63) is 0 Å². The monoisotopic (exact) mass is 206 g/mol. The number of hydrogen-bond donors (Lipinski definition) is 2. The molecular formula is C10H20F2N2. The summed E-state index contributed by atoms with van der Waals surface area (Å²) in [6, 6.07) is 0. The largest absolute Gasteiger partial charge is 0.329 e. The van der Waals surface area contributed by atoms with Gasteiger partial charge >= 0.3 is 0 Å². The zero-order valence-electron chi connectivity index (χ0n) is 8.95. The summed E-state index contributed by atoms with van der Waals surface area (Å²) >= 11 is 0. The van der Waals surface area contributed by atoms with E-state index in [0.29, 0.717) is 6.54 Å². The Morgan fingerprint density at radius 1 is 1.36 bits per heavy atom. The second-order valence-electron chi connectivity index (χ2n) is 5.10. The first-order chi connectivity index (χ1) is 6.39. The Labute approximate surface area is 84.2 Å². The zero-order valence-corrected chi connectivity index (χ0v) is 8.95. The van der Waals surface area contributed by atoms with Gasteiger partial charge in [0.05, 0.1) is 6.54 Å². The lowest BCUT2D eigenvalue weighted by Crippen LogP contribution is -2.51. The Kier molecular flexibility index (Phi) is 3.48. The maximum Gasteiger partial charge on any atom is 0.250 e. The van der Waals surface area contributed by atoms with Crippen molar-refractivity contribution in [2.75, 3.05) is 13.1 Å². The molecule has 1 unspecified atom stereocenters. The fourth-order valence-electron chi connectivity index (χ4n) is 2.36. The van der Waals surface area contributed by atoms with Crippen LogP contribution in [-0.2, 0) is 0 Å². The van der Waals surface area contributed by atoms with Gasteiger partial charge < -0.3 is 11.1 Å². The van der Waals surface area contributed by atoms with Crippen LogP contribution in [0.5, 0.6) is 0 Å². The molecule has 84 valence electrons. The van der Waals surface area contributed by atoms with E-state index >= 15 is 0 Å². The van der Waals surface area contributed by atoms with Crippen LogP contribution in [0.3, 0.4) is 0 Å². The molecule has 0 aliphatic heterocycles. The highest BCUT2D eigenvalue weighted by Crippen LogP contribution is 2.42. The smallest absolute Gasteiger partial charge is 0.250 e. The summed E-state index contributed by atoms with van der Waals surface area (Å²) in [4.78, 5) is 0. The molecule has 0 heterocycles. The van der Waals surface area contributed by atoms with E-state index in [1.54, 1.807) is 0 Å². The molecule has 0 aromatic heterocycles. The van der Waals surface area contributed by atoms with Crippen molar-refractivity contribution in [2.45, 2.75) is 45.1 Å². The van der Waals surface area contributed by atoms with Crippen LogP contribution in [0, 0.1) is 5.41 Å². The van der Waals surface area contributed by atoms with Gasteiger partial charge in [0, 0.05) is 12.1 Å². The van der Waals surface area contributed by atoms with Crippen molar-refractivity contribution in [1.29, 1.82) is 0 Å². The van der Waals surface area contributed by atoms with Crippen LogP contribution in [0.15, 0.2) is 0 Å². The standard InChI is InChI=1S/C10H20F2N2/c1-9(2)3-4-10(6-9,7-13)14-5-8(11)12/h8,14H,3-7,13H2,1-2H3. The molecule has 1 aliphatic rings. The molecule has 3 N–H and O–H groups in total. The van der Waals surface area contributed by atoms with Crippen molar-refractivity contribution >= 4 is 0 Å². The first-order valence-corrected chi connectivity index (χ1v) is 5.12. The van der Waals surface area contributed by atoms with E-state index < -0.39 is 6.43 Å². The Bertz CT molecular complexity index is 195. The number of nitrogens with two attached hydrogens (primary N) is 1. The van der Waals surface area contributed by atoms with Crippen LogP contribution in [0.2, 0.25) is 0 Å². The van der Waals surface area contributed by atoms with Gasteiger partial charge in [-0.15, -0.1) is 0 Å². The molecule has 4 heteroatoms. The summed E-state index contributed by atoms with van der Waals surface area (Å²) in [6.07, 6.45) is 0.564. The molecule has 0 saturated heterocycles. The quantitative estimate of drug-likeness (QED) is 0.735. The molecule has 0 spiro atoms. The minimum absolute atomic E-state index is 0.231. The van der Waals surface area contributed by atoms with Crippen molar-refractivity contribution in [2.24, 2.45) is 11.1 Å². The third-order valence-electron chi connectivity index (χ3n) is 3.12. The summed E-state index contributed by atoms with van der Waals surface area (Å²) in [6.45, 7) is 4.53. The Morgan fingerprint density at radius 3 is 2.36 bits per heavy atom. The van der Waals surface area contributed by atoms with E-state index in [0.717, 1.165) is 19.3 Å². The lowest BCUT2D eigenvalue weighted by Gasteiger charge is -2.30. The molecule has 0 amide bonds. The molecule has 1 saturated carbocycles. The lowest BCUT2D eigenvalue weighted by molar-refractivity contribution is 0.128. The van der Waals surface area contributed by atoms with Crippen molar-refractivity contribution in [3.8, 4) is 0 Å². The Hall–Kier alpha value is -0.220. The van der Waals surface area contributed by atoms with Gasteiger partial charge in [-0.25, -0.2) is 8.78 Å². The molecule has 1 atom stereocenters. The summed E-state index contributed by atoms with van der Waals surface area (Å²) in [5.74, 6) is 0. The third-order valence-corrected chi connectivity index (χ3v) is 3.12. The summed E-state index contributed by atoms with van der Waals surface area (Å²) in [7, 11) is 0. The first kappa shape index (κ1) is 11.9. The molecule has 0 radical (unpaired) electrons. The maximum atomic E-state index is 12.1. The predicted octanol–water partition coefficient (Wildman–Crippen LogP) is 1.75. The topological polar surface area (TPSA) is 38.0 Å². The second kappa shape index (κ2) is 4.11. The first-order valence-electron chi connectivity index (χ1n) is 5.12. The van der Waals surface area contributed by atoms with Gasteiger partial charge in [-0.1, -0.05) is 13.8 Å². The SMILES string of the molecule is CC1(C)CCC(CN)(NCC(F)F)C1. The molecular weight excluding hydrogens is 186 g/mol. The molecule has 14 heavy (non-hydrogen) atoms. The van der Waals surface area contributed by atoms with E-state index in [2.05, 4.69) is 19.2 Å². The normalized spacial score (nSPS) is 31.3. The highest BCUT2D eigenvalue weighted by Gasteiger charge is 2.42. The predicted molar refractivity (Wildman–Crippen MR) is 53.4 cm³/mol. The van der Waals surface area contributed by atoms with E-state index in [-0.39, 0.29) is 17.5 Å². The van der Waals surface area contributed by atoms with Crippen LogP contribution in [0.4, 0.5) is 8.78 Å². The molecule has 1 fully saturated rings. The van der Waals surface area contributed by atoms with Gasteiger partial charge in [-0.3, -0.25) is 0 Å². The second-order valence-corrected chi connectivity index (χ2v) is 5.10. The molecule has 0 bridgehead atoms. The molecule has 0 aromatic carbocycles. The van der Waals surface area contributed by atoms with E-state index in [4.69, 9.17) is 5.73 Å². The molecule has 0 aromatic rings. The third kappa shape index (κ3) is 2.89. The maximum absolute atomic E-state index is 12.1. The van der Waals surface area contributed by atoms with E-state index in [1.165, 1.54) is 0 Å². The Morgan fingerprint density at radius 2 is 2.00 bits per heavy atom. The minimum Gasteiger partial charge on any atom is -0.329 e. The molecule has 2 nitrogen and oxygen atoms in total. The number of nitrogens with one attached hydrogen (secondary N) is 1. The number of hydrogen-bond acceptors (Lipinski definition) is 2. The van der Waals surface area contributed by atoms with Crippen LogP contribution < -0.4 is 11.1 Å². The van der Waals surface area contributed by atoms with Gasteiger partial charge in [0.2, 0.25) is 0 Å². The van der Waals surface area contributed by atoms with Crippen LogP contribution in [0.25, 0.3) is 0 Å². The number of halogens is 2. The average Bonchev–Trinajstić information content (AvgIpc) is 2.40. The van der Waals surface area contributed by atoms with Crippen molar-refractivity contribution in [3.63, 3.8) is 0 Å². The lowest BCUT2D eigenvalue weighted by atomic mass is 9.87. The van der Waals surface area contributed by atoms with Crippen molar-refractivity contribution < 1.29 is 8.78 Å². The van der Waals surface area contributed by atoms with Gasteiger partial charge in [0.25, 0.3) is 6.43 Å². The Balaban J connectivity index is 2.52. The fourth-order valence-corrected chi connectivity index (χ4v) is 2.36. The summed E-state index contributed by atoms with van der Waals surface area (Å²) in [5.41, 5.74) is 5.65. The van der Waals surface area contributed by atoms with Gasteiger partial charge in [0.15, 0.2) is 0 Å². The molecule has 1 aliphatic carbocycles. The summed E-state index contributed by atoms with van der Waals surface area (Å²) < 4.78 is 24.2. The number of rotatable bonds is 4. The number of alkyl halides is 2. The van der Waals surface area contributed by atoms with Crippen molar-refractivity contribution in [1.82, 2.24) is 5.32 Å². The van der Waals surface area contributed by atoms with Gasteiger partial charge in [-0.05, 0) is 24.7 Å². The van der Waals surface area contributed by atoms with Crippen LogP contribution in [-0.4, -0.2) is 25.1 Å². The van der Waals surface area contributed by atoms with E-state index in [9.17, 15) is 8.78 Å². The summed E-state index contributed by atoms with van der Waals surface area (Å²) in [5, 5.41) is 2.92.